The van der Waals surface area contributed by atoms with Crippen LogP contribution >= 0.6 is 0 Å². The van der Waals surface area contributed by atoms with Gasteiger partial charge in [-0.2, -0.15) is 0 Å². The predicted octanol–water partition coefficient (Wildman–Crippen LogP) is 1.71. The fourth-order valence-electron chi connectivity index (χ4n) is 1.85. The highest BCUT2D eigenvalue weighted by Crippen LogP contribution is 2.35. The summed E-state index contributed by atoms with van der Waals surface area (Å²) in [6.07, 6.45) is 7.75. The first-order valence-corrected chi connectivity index (χ1v) is 4.99. The van der Waals surface area contributed by atoms with Gasteiger partial charge >= 0.3 is 5.97 Å². The van der Waals surface area contributed by atoms with Crippen LogP contribution in [0.25, 0.3) is 6.08 Å². The lowest BCUT2D eigenvalue weighted by Crippen LogP contribution is -2.26. The van der Waals surface area contributed by atoms with Gasteiger partial charge in [0, 0.05) is 12.4 Å². The number of carboxylic acids is 1. The molecule has 1 aromatic heterocycles. The number of aromatic nitrogens is 1. The molecule has 84 valence electrons. The normalized spacial score (nSPS) is 16.4. The Morgan fingerprint density at radius 2 is 2.35 bits per heavy atom. The first-order valence-electron chi connectivity index (χ1n) is 4.99. The number of anilines is 1. The van der Waals surface area contributed by atoms with Crippen molar-refractivity contribution < 1.29 is 14.6 Å². The van der Waals surface area contributed by atoms with Crippen LogP contribution in [0.4, 0.5) is 5.69 Å². The number of ether oxygens (including phenoxy) is 1. The van der Waals surface area contributed by atoms with E-state index in [4.69, 9.17) is 9.84 Å². The Balaban J connectivity index is 2.24. The van der Waals surface area contributed by atoms with Crippen molar-refractivity contribution in [3.05, 3.63) is 54.0 Å². The fraction of sp³-hybridized carbons (Fsp3) is 0. The molecule has 0 atom stereocenters. The second-order valence-electron chi connectivity index (χ2n) is 3.57. The molecule has 3 rings (SSSR count). The van der Waals surface area contributed by atoms with Gasteiger partial charge in [-0.1, -0.05) is 0 Å². The third-order valence-corrected chi connectivity index (χ3v) is 2.59. The molecule has 2 aliphatic heterocycles. The lowest BCUT2D eigenvalue weighted by molar-refractivity contribution is -0.132. The second kappa shape index (κ2) is 3.48. The van der Waals surface area contributed by atoms with E-state index in [1.54, 1.807) is 29.4 Å². The number of carbonyl (C=O) groups is 1. The molecule has 2 aliphatic rings. The number of aliphatic carboxylic acids is 1. The highest BCUT2D eigenvalue weighted by Gasteiger charge is 2.28. The third-order valence-electron chi connectivity index (χ3n) is 2.59. The van der Waals surface area contributed by atoms with E-state index in [9.17, 15) is 4.79 Å². The van der Waals surface area contributed by atoms with Crippen LogP contribution in [0.1, 0.15) is 5.69 Å². The van der Waals surface area contributed by atoms with Crippen LogP contribution in [0.5, 0.6) is 0 Å². The highest BCUT2D eigenvalue weighted by molar-refractivity contribution is 6.01. The smallest absolute Gasteiger partial charge is 0.338 e. The molecule has 17 heavy (non-hydrogen) atoms. The van der Waals surface area contributed by atoms with E-state index >= 15 is 0 Å². The first kappa shape index (κ1) is 9.65. The molecule has 0 spiro atoms. The molecule has 0 bridgehead atoms. The van der Waals surface area contributed by atoms with Crippen LogP contribution in [0, 0.1) is 0 Å². The summed E-state index contributed by atoms with van der Waals surface area (Å²) in [7, 11) is 0. The average Bonchev–Trinajstić information content (AvgIpc) is 2.37. The molecule has 0 radical (unpaired) electrons. The molecule has 0 aliphatic carbocycles. The van der Waals surface area contributed by atoms with Gasteiger partial charge in [-0.15, -0.1) is 0 Å². The minimum absolute atomic E-state index is 0.167. The van der Waals surface area contributed by atoms with E-state index in [1.807, 2.05) is 6.07 Å². The maximum absolute atomic E-state index is 11.2. The van der Waals surface area contributed by atoms with Crippen molar-refractivity contribution in [2.75, 3.05) is 4.90 Å². The van der Waals surface area contributed by atoms with Crippen molar-refractivity contribution in [3.63, 3.8) is 0 Å². The molecule has 0 saturated heterocycles. The molecular weight excluding hydrogens is 220 g/mol. The summed E-state index contributed by atoms with van der Waals surface area (Å²) in [5, 5.41) is 9.16. The molecule has 5 heteroatoms. The standard InChI is InChI=1S/C12H8N2O3/c15-12(16)8-6-9-10(2-1-3-13-9)14-4-5-17-7-11(8)14/h1-7H,(H,15,16). The van der Waals surface area contributed by atoms with Crippen LogP contribution in [0.2, 0.25) is 0 Å². The van der Waals surface area contributed by atoms with Gasteiger partial charge < -0.3 is 14.7 Å². The summed E-state index contributed by atoms with van der Waals surface area (Å²) in [6, 6.07) is 3.68. The van der Waals surface area contributed by atoms with Crippen molar-refractivity contribution in [3.8, 4) is 0 Å². The molecule has 1 N–H and O–H groups in total. The Morgan fingerprint density at radius 3 is 3.18 bits per heavy atom. The Labute approximate surface area is 97.0 Å². The Bertz CT molecular complexity index is 587. The quantitative estimate of drug-likeness (QED) is 0.792. The largest absolute Gasteiger partial charge is 0.478 e. The van der Waals surface area contributed by atoms with Crippen molar-refractivity contribution in [1.29, 1.82) is 0 Å². The summed E-state index contributed by atoms with van der Waals surface area (Å²) in [5.41, 5.74) is 2.14. The average molecular weight is 228 g/mol. The number of carboxylic acid groups (broad SMARTS) is 1. The van der Waals surface area contributed by atoms with Crippen LogP contribution in [-0.4, -0.2) is 16.1 Å². The zero-order chi connectivity index (χ0) is 11.8. The van der Waals surface area contributed by atoms with Crippen molar-refractivity contribution >= 4 is 17.7 Å². The second-order valence-corrected chi connectivity index (χ2v) is 3.57. The molecular formula is C12H8N2O3. The topological polar surface area (TPSA) is 62.7 Å². The zero-order valence-electron chi connectivity index (χ0n) is 8.70. The Morgan fingerprint density at radius 1 is 1.47 bits per heavy atom. The minimum atomic E-state index is -1.00. The van der Waals surface area contributed by atoms with Gasteiger partial charge in [0.25, 0.3) is 0 Å². The third kappa shape index (κ3) is 1.40. The number of nitrogens with zero attached hydrogens (tertiary/aromatic N) is 2. The van der Waals surface area contributed by atoms with Gasteiger partial charge in [-0.25, -0.2) is 4.79 Å². The van der Waals surface area contributed by atoms with Gasteiger partial charge in [0.05, 0.1) is 22.7 Å². The molecule has 0 amide bonds. The Hall–Kier alpha value is -2.56. The monoisotopic (exact) mass is 228 g/mol. The highest BCUT2D eigenvalue weighted by atomic mass is 16.5. The molecule has 3 heterocycles. The fourth-order valence-corrected chi connectivity index (χ4v) is 1.85. The number of rotatable bonds is 1. The SMILES string of the molecule is O=C(O)C1=Cc2ncccc2N2C=COC=C12. The van der Waals surface area contributed by atoms with E-state index in [0.29, 0.717) is 11.4 Å². The van der Waals surface area contributed by atoms with Gasteiger partial charge in [-0.3, -0.25) is 4.98 Å². The van der Waals surface area contributed by atoms with Gasteiger partial charge in [0.1, 0.15) is 12.5 Å². The van der Waals surface area contributed by atoms with E-state index in [1.165, 1.54) is 12.5 Å². The van der Waals surface area contributed by atoms with E-state index in [2.05, 4.69) is 4.98 Å². The van der Waals surface area contributed by atoms with Gasteiger partial charge in [0.2, 0.25) is 0 Å². The van der Waals surface area contributed by atoms with Crippen LogP contribution < -0.4 is 4.90 Å². The summed E-state index contributed by atoms with van der Waals surface area (Å²) in [6.45, 7) is 0. The van der Waals surface area contributed by atoms with E-state index < -0.39 is 5.97 Å². The lowest BCUT2D eigenvalue weighted by atomic mass is 10.0. The number of pyridine rings is 1. The van der Waals surface area contributed by atoms with Crippen LogP contribution in [0.3, 0.4) is 0 Å². The van der Waals surface area contributed by atoms with E-state index in [0.717, 1.165) is 5.69 Å². The van der Waals surface area contributed by atoms with Crippen molar-refractivity contribution in [2.24, 2.45) is 0 Å². The summed E-state index contributed by atoms with van der Waals surface area (Å²) >= 11 is 0. The van der Waals surface area contributed by atoms with E-state index in [-0.39, 0.29) is 5.57 Å². The number of hydrogen-bond acceptors (Lipinski definition) is 4. The summed E-state index contributed by atoms with van der Waals surface area (Å²) in [4.78, 5) is 17.1. The molecule has 0 aromatic carbocycles. The maximum atomic E-state index is 11.2. The number of fused-ring (bicyclic) bond motifs is 3. The predicted molar refractivity (Wildman–Crippen MR) is 60.6 cm³/mol. The molecule has 0 unspecified atom stereocenters. The van der Waals surface area contributed by atoms with Crippen LogP contribution in [-0.2, 0) is 9.53 Å². The van der Waals surface area contributed by atoms with Crippen molar-refractivity contribution in [2.45, 2.75) is 0 Å². The van der Waals surface area contributed by atoms with Crippen LogP contribution in [0.15, 0.2) is 48.3 Å². The van der Waals surface area contributed by atoms with Gasteiger partial charge in [-0.05, 0) is 18.2 Å². The maximum Gasteiger partial charge on any atom is 0.338 e. The molecule has 0 saturated carbocycles. The van der Waals surface area contributed by atoms with Gasteiger partial charge in [0.15, 0.2) is 0 Å². The van der Waals surface area contributed by atoms with Crippen molar-refractivity contribution in [1.82, 2.24) is 4.98 Å². The minimum Gasteiger partial charge on any atom is -0.478 e. The molecule has 1 aromatic rings. The first-order chi connectivity index (χ1) is 8.27. The summed E-state index contributed by atoms with van der Waals surface area (Å²) < 4.78 is 5.03. The lowest BCUT2D eigenvalue weighted by Gasteiger charge is -2.30. The molecule has 0 fully saturated rings. The Kier molecular flexibility index (Phi) is 1.98. The molecule has 5 nitrogen and oxygen atoms in total. The summed E-state index contributed by atoms with van der Waals surface area (Å²) in [5.74, 6) is -1.00. The zero-order valence-corrected chi connectivity index (χ0v) is 8.70. The number of hydrogen-bond donors (Lipinski definition) is 1.